The molecule has 0 unspecified atom stereocenters. The van der Waals surface area contributed by atoms with Crippen molar-refractivity contribution in [1.29, 1.82) is 0 Å². The van der Waals surface area contributed by atoms with Crippen LogP contribution in [0.1, 0.15) is 28.5 Å². The first-order valence-corrected chi connectivity index (χ1v) is 14.3. The summed E-state index contributed by atoms with van der Waals surface area (Å²) in [5.74, 6) is -2.56. The van der Waals surface area contributed by atoms with Crippen LogP contribution in [0.4, 0.5) is 0 Å². The summed E-state index contributed by atoms with van der Waals surface area (Å²) in [5.41, 5.74) is 2.58. The third-order valence-corrected chi connectivity index (χ3v) is 16.8. The van der Waals surface area contributed by atoms with Gasteiger partial charge in [0.15, 0.2) is 8.67 Å². The largest absolute Gasteiger partial charge is 0.167 e. The molecule has 0 N–H and O–H groups in total. The average molecular weight is 688 g/mol. The first kappa shape index (κ1) is 25.5. The maximum atomic E-state index is 7.29. The molecule has 1 aromatic rings. The Morgan fingerprint density at radius 1 is 0.545 bits per heavy atom. The van der Waals surface area contributed by atoms with E-state index in [4.69, 9.17) is 139 Å². The number of hydrogen-bond donors (Lipinski definition) is 0. The summed E-state index contributed by atoms with van der Waals surface area (Å²) >= 11 is 83.7. The Hall–Kier alpha value is 2.18. The van der Waals surface area contributed by atoms with E-state index < -0.39 is 51.8 Å². The highest BCUT2D eigenvalue weighted by molar-refractivity contribution is 6.67. The molecule has 0 radical (unpaired) electrons. The van der Waals surface area contributed by atoms with Crippen molar-refractivity contribution in [1.82, 2.24) is 0 Å². The van der Waals surface area contributed by atoms with Crippen LogP contribution in [-0.2, 0) is 0 Å². The van der Waals surface area contributed by atoms with E-state index in [0.29, 0.717) is 0 Å². The fourth-order valence-corrected chi connectivity index (χ4v) is 13.1. The van der Waals surface area contributed by atoms with Crippen LogP contribution in [0.3, 0.4) is 0 Å². The van der Waals surface area contributed by atoms with Crippen LogP contribution < -0.4 is 0 Å². The molecular weight excluding hydrogens is 678 g/mol. The molecule has 0 aliphatic heterocycles. The van der Waals surface area contributed by atoms with Crippen molar-refractivity contribution in [3.8, 4) is 0 Å². The van der Waals surface area contributed by atoms with E-state index >= 15 is 0 Å². The third kappa shape index (κ3) is 2.19. The second-order valence-electron chi connectivity index (χ2n) is 9.39. The Labute approximate surface area is 250 Å². The predicted molar refractivity (Wildman–Crippen MR) is 144 cm³/mol. The number of alkyl halides is 8. The summed E-state index contributed by atoms with van der Waals surface area (Å²) in [4.78, 5) is -6.35. The van der Waals surface area contributed by atoms with Gasteiger partial charge in [0, 0.05) is 23.7 Å². The van der Waals surface area contributed by atoms with Gasteiger partial charge in [0.1, 0.15) is 19.5 Å². The first-order valence-electron chi connectivity index (χ1n) is 9.74. The smallest absolute Gasteiger partial charge is 0.109 e. The van der Waals surface area contributed by atoms with Gasteiger partial charge in [0.05, 0.1) is 20.1 Å². The number of allylic oxidation sites excluding steroid dienone is 4. The Bertz CT molecular complexity index is 1230. The minimum absolute atomic E-state index is 0.0500. The van der Waals surface area contributed by atoms with Gasteiger partial charge in [-0.05, 0) is 18.1 Å². The fourth-order valence-electron chi connectivity index (χ4n) is 7.02. The van der Waals surface area contributed by atoms with Gasteiger partial charge in [-0.1, -0.05) is 117 Å². The van der Waals surface area contributed by atoms with Crippen LogP contribution >= 0.6 is 139 Å². The number of fused-ring (bicyclic) bond motifs is 14. The summed E-state index contributed by atoms with van der Waals surface area (Å²) in [6.07, 6.45) is 0. The maximum Gasteiger partial charge on any atom is 0.167 e. The first-order chi connectivity index (χ1) is 15.0. The molecule has 0 saturated heterocycles. The SMILES string of the molecule is Cc1ccc2c(c1)[C@@H]1[C@H]([C@@H]3[C@@H]2[C@@]2(Cl)C(Cl)=C(Cl)[C@]3(Cl)C2(Cl)Cl)[C@@]2(Cl)C(Cl)=C(Cl)[C@]1(Cl)C2(Cl)Cl. The Balaban J connectivity index is 1.79. The van der Waals surface area contributed by atoms with Crippen LogP contribution in [0.2, 0.25) is 0 Å². The molecule has 0 spiro atoms. The summed E-state index contributed by atoms with van der Waals surface area (Å²) in [6, 6.07) is 5.85. The zero-order valence-electron chi connectivity index (χ0n) is 16.1. The highest BCUT2D eigenvalue weighted by Crippen LogP contribution is 2.88. The van der Waals surface area contributed by atoms with Gasteiger partial charge < -0.3 is 0 Å². The highest BCUT2D eigenvalue weighted by atomic mass is 35.5. The molecule has 0 nitrogen and oxygen atoms in total. The molecule has 5 aliphatic rings. The molecule has 4 bridgehead atoms. The van der Waals surface area contributed by atoms with Crippen LogP contribution in [0.25, 0.3) is 0 Å². The lowest BCUT2D eigenvalue weighted by atomic mass is 9.57. The second kappa shape index (κ2) is 6.84. The normalized spacial score (nSPS) is 50.1. The van der Waals surface area contributed by atoms with E-state index in [9.17, 15) is 0 Å². The Kier molecular flexibility index (Phi) is 5.28. The van der Waals surface area contributed by atoms with Crippen LogP contribution in [-0.4, -0.2) is 28.2 Å². The van der Waals surface area contributed by atoms with Crippen molar-refractivity contribution in [3.63, 3.8) is 0 Å². The molecule has 178 valence electrons. The Morgan fingerprint density at radius 2 is 0.909 bits per heavy atom. The molecule has 0 amide bonds. The monoisotopic (exact) mass is 682 g/mol. The third-order valence-electron chi connectivity index (χ3n) is 8.28. The lowest BCUT2D eigenvalue weighted by Gasteiger charge is -2.52. The van der Waals surface area contributed by atoms with E-state index in [0.717, 1.165) is 16.7 Å². The van der Waals surface area contributed by atoms with Gasteiger partial charge in [0.25, 0.3) is 0 Å². The molecule has 5 aliphatic carbocycles. The predicted octanol–water partition coefficient (Wildman–Crippen LogP) is 10.1. The van der Waals surface area contributed by atoms with E-state index in [1.807, 2.05) is 25.1 Å². The van der Waals surface area contributed by atoms with Gasteiger partial charge in [-0.3, -0.25) is 0 Å². The maximum absolute atomic E-state index is 7.29. The van der Waals surface area contributed by atoms with Gasteiger partial charge >= 0.3 is 0 Å². The van der Waals surface area contributed by atoms with Crippen LogP contribution in [0, 0.1) is 18.8 Å². The summed E-state index contributed by atoms with van der Waals surface area (Å²) in [5, 5.41) is 0.281. The fraction of sp³-hybridized carbons (Fsp3) is 0.524. The summed E-state index contributed by atoms with van der Waals surface area (Å²) in [6.45, 7) is 1.95. The summed E-state index contributed by atoms with van der Waals surface area (Å²) in [7, 11) is 0. The lowest BCUT2D eigenvalue weighted by Crippen LogP contribution is -2.53. The molecular formula is C21H10Cl12. The number of aryl methyl sites for hydroxylation is 1. The van der Waals surface area contributed by atoms with Crippen molar-refractivity contribution in [2.24, 2.45) is 11.8 Å². The van der Waals surface area contributed by atoms with Crippen molar-refractivity contribution < 1.29 is 0 Å². The number of rotatable bonds is 0. The minimum atomic E-state index is -1.81. The summed E-state index contributed by atoms with van der Waals surface area (Å²) < 4.78 is -3.61. The molecule has 33 heavy (non-hydrogen) atoms. The average Bonchev–Trinajstić information content (AvgIpc) is 3.08. The van der Waals surface area contributed by atoms with E-state index in [-0.39, 0.29) is 20.1 Å². The van der Waals surface area contributed by atoms with Crippen molar-refractivity contribution in [2.75, 3.05) is 0 Å². The van der Waals surface area contributed by atoms with Gasteiger partial charge in [-0.25, -0.2) is 0 Å². The highest BCUT2D eigenvalue weighted by Gasteiger charge is 2.91. The number of benzene rings is 1. The van der Waals surface area contributed by atoms with Crippen LogP contribution in [0.5, 0.6) is 0 Å². The molecule has 0 heterocycles. The topological polar surface area (TPSA) is 0 Å². The van der Waals surface area contributed by atoms with Crippen LogP contribution in [0.15, 0.2) is 38.3 Å². The lowest BCUT2D eigenvalue weighted by molar-refractivity contribution is 0.201. The zero-order chi connectivity index (χ0) is 24.5. The molecule has 0 aromatic heterocycles. The van der Waals surface area contributed by atoms with Crippen molar-refractivity contribution in [3.05, 3.63) is 55.0 Å². The molecule has 12 heteroatoms. The minimum Gasteiger partial charge on any atom is -0.109 e. The van der Waals surface area contributed by atoms with E-state index in [1.54, 1.807) is 0 Å². The van der Waals surface area contributed by atoms with E-state index in [2.05, 4.69) is 0 Å². The quantitative estimate of drug-likeness (QED) is 0.238. The number of halogens is 12. The van der Waals surface area contributed by atoms with Gasteiger partial charge in [0.2, 0.25) is 0 Å². The number of hydrogen-bond acceptors (Lipinski definition) is 0. The Morgan fingerprint density at radius 3 is 1.33 bits per heavy atom. The van der Waals surface area contributed by atoms with Crippen molar-refractivity contribution in [2.45, 2.75) is 46.9 Å². The molecule has 2 fully saturated rings. The molecule has 6 rings (SSSR count). The van der Waals surface area contributed by atoms with Crippen molar-refractivity contribution >= 4 is 139 Å². The second-order valence-corrected chi connectivity index (χ2v) is 15.9. The standard InChI is InChI=1S/C21H10Cl12/c1-5-2-3-6-7(4-5)9-11(19(29)15(25)13(23)17(9,27)21(19,32)33)10-8(6)16(26)12(22)14(24)18(10,28)20(16,30)31/h2-4,8-11H,1H3/t8-,9-,10+,11-,16-,17+,18+,19-/m1/s1. The zero-order valence-corrected chi connectivity index (χ0v) is 25.1. The van der Waals surface area contributed by atoms with E-state index in [1.165, 1.54) is 0 Å². The molecule has 1 aromatic carbocycles. The molecule has 8 atom stereocenters. The van der Waals surface area contributed by atoms with Gasteiger partial charge in [-0.15, -0.1) is 46.4 Å². The van der Waals surface area contributed by atoms with Gasteiger partial charge in [-0.2, -0.15) is 0 Å². The molecule has 2 saturated carbocycles.